The monoisotopic (exact) mass is 472 g/mol. The molecule has 0 unspecified atom stereocenters. The van der Waals surface area contributed by atoms with Crippen LogP contribution in [-0.2, 0) is 12.6 Å². The van der Waals surface area contributed by atoms with Gasteiger partial charge < -0.3 is 15.8 Å². The summed E-state index contributed by atoms with van der Waals surface area (Å²) in [5.41, 5.74) is 5.57. The Morgan fingerprint density at radius 1 is 1.42 bits per heavy atom. The molecule has 0 spiro atoms. The van der Waals surface area contributed by atoms with Crippen molar-refractivity contribution in [2.45, 2.75) is 12.6 Å². The summed E-state index contributed by atoms with van der Waals surface area (Å²) in [7, 11) is 1.56. The summed E-state index contributed by atoms with van der Waals surface area (Å²) in [6.07, 6.45) is -4.12. The van der Waals surface area contributed by atoms with E-state index in [4.69, 9.17) is 10.5 Å². The number of anilines is 1. The van der Waals surface area contributed by atoms with Gasteiger partial charge in [-0.05, 0) is 12.1 Å². The van der Waals surface area contributed by atoms with Crippen LogP contribution in [0.4, 0.5) is 18.9 Å². The molecule has 0 saturated carbocycles. The molecule has 0 bridgehead atoms. The summed E-state index contributed by atoms with van der Waals surface area (Å²) in [5.74, 6) is 0.844. The van der Waals surface area contributed by atoms with Gasteiger partial charge in [-0.15, -0.1) is 35.3 Å². The zero-order chi connectivity index (χ0) is 16.9. The third kappa shape index (κ3) is 6.15. The molecule has 10 heteroatoms. The third-order valence-electron chi connectivity index (χ3n) is 2.79. The number of nitrogens with zero attached hydrogens (tertiary/aromatic N) is 2. The van der Waals surface area contributed by atoms with Crippen LogP contribution in [0.2, 0.25) is 0 Å². The van der Waals surface area contributed by atoms with Crippen LogP contribution >= 0.6 is 35.3 Å². The van der Waals surface area contributed by atoms with Gasteiger partial charge in [-0.25, -0.2) is 4.98 Å². The van der Waals surface area contributed by atoms with E-state index in [1.165, 1.54) is 0 Å². The zero-order valence-corrected chi connectivity index (χ0v) is 15.8. The van der Waals surface area contributed by atoms with Gasteiger partial charge in [0.15, 0.2) is 11.7 Å². The lowest BCUT2D eigenvalue weighted by atomic mass is 10.3. The lowest BCUT2D eigenvalue weighted by Gasteiger charge is -2.07. The lowest BCUT2D eigenvalue weighted by Crippen LogP contribution is -2.23. The van der Waals surface area contributed by atoms with E-state index in [9.17, 15) is 13.2 Å². The van der Waals surface area contributed by atoms with Crippen molar-refractivity contribution in [1.29, 1.82) is 0 Å². The predicted octanol–water partition coefficient (Wildman–Crippen LogP) is 3.76. The fourth-order valence-corrected chi connectivity index (χ4v) is 2.51. The summed E-state index contributed by atoms with van der Waals surface area (Å²) < 4.78 is 42.4. The van der Waals surface area contributed by atoms with Gasteiger partial charge in [0.2, 0.25) is 0 Å². The number of alkyl halides is 3. The van der Waals surface area contributed by atoms with Crippen LogP contribution in [0.1, 0.15) is 10.7 Å². The fraction of sp³-hybridized carbons (Fsp3) is 0.286. The standard InChI is InChI=1S/C14H15F3N4OS.HI/c1-22-10-4-2-3-9(7-10)20-13(18)19-6-5-12-21-11(8-23-12)14(15,16)17;/h2-4,7-8H,5-6H2,1H3,(H3,18,19,20);1H. The van der Waals surface area contributed by atoms with Gasteiger partial charge in [-0.1, -0.05) is 6.07 Å². The van der Waals surface area contributed by atoms with Crippen LogP contribution in [0.5, 0.6) is 5.75 Å². The number of thiazole rings is 1. The minimum Gasteiger partial charge on any atom is -0.497 e. The largest absolute Gasteiger partial charge is 0.497 e. The first-order chi connectivity index (χ1) is 10.9. The molecule has 0 radical (unpaired) electrons. The van der Waals surface area contributed by atoms with Crippen LogP contribution in [0.15, 0.2) is 34.6 Å². The minimum absolute atomic E-state index is 0. The molecular formula is C14H16F3IN4OS. The molecule has 0 atom stereocenters. The number of rotatable bonds is 5. The van der Waals surface area contributed by atoms with Crippen LogP contribution in [-0.4, -0.2) is 24.6 Å². The molecular weight excluding hydrogens is 456 g/mol. The number of guanidine groups is 1. The zero-order valence-electron chi connectivity index (χ0n) is 12.6. The molecule has 24 heavy (non-hydrogen) atoms. The van der Waals surface area contributed by atoms with E-state index in [1.807, 2.05) is 0 Å². The molecule has 1 aromatic carbocycles. The second kappa shape index (κ2) is 9.06. The van der Waals surface area contributed by atoms with Gasteiger partial charge in [0.25, 0.3) is 0 Å². The third-order valence-corrected chi connectivity index (χ3v) is 3.70. The molecule has 3 N–H and O–H groups in total. The number of hydrogen-bond donors (Lipinski definition) is 2. The molecule has 1 aromatic heterocycles. The molecule has 0 fully saturated rings. The summed E-state index contributed by atoms with van der Waals surface area (Å²) >= 11 is 0.959. The topological polar surface area (TPSA) is 72.5 Å². The van der Waals surface area contributed by atoms with E-state index in [0.29, 0.717) is 22.9 Å². The Morgan fingerprint density at radius 3 is 2.79 bits per heavy atom. The smallest absolute Gasteiger partial charge is 0.434 e. The normalized spacial score (nSPS) is 11.8. The highest BCUT2D eigenvalue weighted by molar-refractivity contribution is 14.0. The number of aromatic nitrogens is 1. The molecule has 0 amide bonds. The molecule has 1 heterocycles. The van der Waals surface area contributed by atoms with E-state index in [2.05, 4.69) is 15.3 Å². The second-order valence-electron chi connectivity index (χ2n) is 4.50. The Balaban J connectivity index is 0.00000288. The van der Waals surface area contributed by atoms with Crippen molar-refractivity contribution < 1.29 is 17.9 Å². The molecule has 0 aliphatic carbocycles. The average molecular weight is 472 g/mol. The van der Waals surface area contributed by atoms with Crippen LogP contribution in [0.3, 0.4) is 0 Å². The molecule has 2 aromatic rings. The van der Waals surface area contributed by atoms with Gasteiger partial charge in [0, 0.05) is 30.1 Å². The first kappa shape index (κ1) is 20.5. The van der Waals surface area contributed by atoms with Crippen LogP contribution in [0.25, 0.3) is 0 Å². The van der Waals surface area contributed by atoms with Crippen molar-refractivity contribution in [2.75, 3.05) is 19.0 Å². The van der Waals surface area contributed by atoms with Gasteiger partial charge in [-0.2, -0.15) is 13.2 Å². The number of benzene rings is 1. The maximum atomic E-state index is 12.4. The Labute approximate surface area is 158 Å². The number of nitrogens with two attached hydrogens (primary N) is 1. The van der Waals surface area contributed by atoms with Gasteiger partial charge in [0.05, 0.1) is 12.1 Å². The first-order valence-corrected chi connectivity index (χ1v) is 7.49. The first-order valence-electron chi connectivity index (χ1n) is 6.61. The number of halogens is 4. The van der Waals surface area contributed by atoms with Crippen molar-refractivity contribution in [2.24, 2.45) is 10.7 Å². The molecule has 0 aliphatic heterocycles. The summed E-state index contributed by atoms with van der Waals surface area (Å²) in [5, 5.41) is 4.25. The molecule has 0 aliphatic rings. The van der Waals surface area contributed by atoms with E-state index >= 15 is 0 Å². The quantitative estimate of drug-likeness (QED) is 0.395. The Morgan fingerprint density at radius 2 is 2.17 bits per heavy atom. The number of methoxy groups -OCH3 is 1. The highest BCUT2D eigenvalue weighted by Gasteiger charge is 2.33. The molecule has 2 rings (SSSR count). The lowest BCUT2D eigenvalue weighted by molar-refractivity contribution is -0.140. The minimum atomic E-state index is -4.41. The Kier molecular flexibility index (Phi) is 7.73. The number of ether oxygens (including phenoxy) is 1. The van der Waals surface area contributed by atoms with Crippen LogP contribution < -0.4 is 15.8 Å². The Bertz CT molecular complexity index is 691. The van der Waals surface area contributed by atoms with Crippen LogP contribution in [0, 0.1) is 0 Å². The highest BCUT2D eigenvalue weighted by atomic mass is 127. The molecule has 0 saturated heterocycles. The van der Waals surface area contributed by atoms with E-state index < -0.39 is 11.9 Å². The number of nitrogens with one attached hydrogen (secondary N) is 1. The second-order valence-corrected chi connectivity index (χ2v) is 5.44. The van der Waals surface area contributed by atoms with Gasteiger partial charge in [-0.3, -0.25) is 4.99 Å². The fourth-order valence-electron chi connectivity index (χ4n) is 1.72. The van der Waals surface area contributed by atoms with E-state index in [0.717, 1.165) is 16.7 Å². The average Bonchev–Trinajstić information content (AvgIpc) is 2.96. The summed E-state index contributed by atoms with van der Waals surface area (Å²) in [4.78, 5) is 7.60. The SMILES string of the molecule is COc1cccc(NC(N)=NCCc2nc(C(F)(F)F)cs2)c1.I. The van der Waals surface area contributed by atoms with Crippen molar-refractivity contribution in [3.05, 3.63) is 40.3 Å². The van der Waals surface area contributed by atoms with E-state index in [1.54, 1.807) is 31.4 Å². The van der Waals surface area contributed by atoms with E-state index in [-0.39, 0.29) is 36.5 Å². The number of hydrogen-bond acceptors (Lipinski definition) is 4. The molecule has 5 nitrogen and oxygen atoms in total. The van der Waals surface area contributed by atoms with Crippen molar-refractivity contribution >= 4 is 47.0 Å². The van der Waals surface area contributed by atoms with Crippen molar-refractivity contribution in [1.82, 2.24) is 4.98 Å². The number of aliphatic imine (C=N–C) groups is 1. The highest BCUT2D eigenvalue weighted by Crippen LogP contribution is 2.30. The van der Waals surface area contributed by atoms with Gasteiger partial charge >= 0.3 is 6.18 Å². The van der Waals surface area contributed by atoms with Crippen molar-refractivity contribution in [3.63, 3.8) is 0 Å². The van der Waals surface area contributed by atoms with Gasteiger partial charge in [0.1, 0.15) is 5.75 Å². The maximum absolute atomic E-state index is 12.4. The molecule has 132 valence electrons. The summed E-state index contributed by atoms with van der Waals surface area (Å²) in [6, 6.07) is 7.13. The summed E-state index contributed by atoms with van der Waals surface area (Å²) in [6.45, 7) is 0.244. The Hall–Kier alpha value is -1.56. The maximum Gasteiger partial charge on any atom is 0.434 e. The van der Waals surface area contributed by atoms with Crippen molar-refractivity contribution in [3.8, 4) is 5.75 Å². The predicted molar refractivity (Wildman–Crippen MR) is 99.3 cm³/mol.